The van der Waals surface area contributed by atoms with Crippen LogP contribution in [0.2, 0.25) is 0 Å². The fourth-order valence-corrected chi connectivity index (χ4v) is 2.70. The van der Waals surface area contributed by atoms with Gasteiger partial charge < -0.3 is 15.3 Å². The van der Waals surface area contributed by atoms with Crippen molar-refractivity contribution in [3.05, 3.63) is 29.8 Å². The highest BCUT2D eigenvalue weighted by atomic mass is 16.3. The largest absolute Gasteiger partial charge is 0.394 e. The molecule has 1 fully saturated rings. The van der Waals surface area contributed by atoms with E-state index in [4.69, 9.17) is 0 Å². The van der Waals surface area contributed by atoms with E-state index >= 15 is 0 Å². The number of aliphatic hydroxyl groups is 1. The summed E-state index contributed by atoms with van der Waals surface area (Å²) in [5.41, 5.74) is 2.57. The Kier molecular flexibility index (Phi) is 4.83. The average molecular weight is 262 g/mol. The third kappa shape index (κ3) is 3.28. The number of nitrogens with one attached hydrogen (secondary N) is 1. The first-order valence-corrected chi connectivity index (χ1v) is 7.43. The first kappa shape index (κ1) is 14.4. The van der Waals surface area contributed by atoms with Crippen LogP contribution in [0.15, 0.2) is 24.3 Å². The SMILES string of the molecule is CCN(CC)c1ccc(CNC2(CO)CCC2)cc1. The Morgan fingerprint density at radius 2 is 1.79 bits per heavy atom. The van der Waals surface area contributed by atoms with Gasteiger partial charge in [0.25, 0.3) is 0 Å². The van der Waals surface area contributed by atoms with Crippen LogP contribution >= 0.6 is 0 Å². The summed E-state index contributed by atoms with van der Waals surface area (Å²) in [4.78, 5) is 2.35. The molecule has 2 N–H and O–H groups in total. The highest BCUT2D eigenvalue weighted by Gasteiger charge is 2.35. The van der Waals surface area contributed by atoms with Gasteiger partial charge in [-0.15, -0.1) is 0 Å². The molecule has 0 atom stereocenters. The summed E-state index contributed by atoms with van der Waals surface area (Å²) in [6.07, 6.45) is 3.43. The Bertz CT molecular complexity index is 375. The smallest absolute Gasteiger partial charge is 0.0613 e. The van der Waals surface area contributed by atoms with Crippen molar-refractivity contribution in [3.8, 4) is 0 Å². The van der Waals surface area contributed by atoms with Crippen molar-refractivity contribution >= 4 is 5.69 Å². The number of rotatable bonds is 7. The average Bonchev–Trinajstić information content (AvgIpc) is 2.41. The van der Waals surface area contributed by atoms with Crippen LogP contribution in [0, 0.1) is 0 Å². The second kappa shape index (κ2) is 6.40. The van der Waals surface area contributed by atoms with E-state index in [-0.39, 0.29) is 12.1 Å². The molecule has 0 aromatic heterocycles. The van der Waals surface area contributed by atoms with E-state index in [0.29, 0.717) is 0 Å². The minimum Gasteiger partial charge on any atom is -0.394 e. The van der Waals surface area contributed by atoms with Gasteiger partial charge in [0.1, 0.15) is 0 Å². The molecule has 0 spiro atoms. The molecule has 1 aromatic carbocycles. The van der Waals surface area contributed by atoms with Gasteiger partial charge in [-0.05, 0) is 50.8 Å². The van der Waals surface area contributed by atoms with Crippen molar-refractivity contribution in [2.45, 2.75) is 45.2 Å². The fourth-order valence-electron chi connectivity index (χ4n) is 2.70. The molecule has 106 valence electrons. The van der Waals surface area contributed by atoms with Crippen LogP contribution in [-0.2, 0) is 6.54 Å². The molecule has 0 radical (unpaired) electrons. The second-order valence-electron chi connectivity index (χ2n) is 5.48. The number of benzene rings is 1. The summed E-state index contributed by atoms with van der Waals surface area (Å²) in [7, 11) is 0. The molecule has 3 nitrogen and oxygen atoms in total. The van der Waals surface area contributed by atoms with Crippen molar-refractivity contribution in [2.75, 3.05) is 24.6 Å². The molecule has 0 unspecified atom stereocenters. The molecule has 1 aromatic rings. The maximum Gasteiger partial charge on any atom is 0.0613 e. The number of anilines is 1. The van der Waals surface area contributed by atoms with Gasteiger partial charge >= 0.3 is 0 Å². The molecule has 2 rings (SSSR count). The zero-order valence-electron chi connectivity index (χ0n) is 12.2. The summed E-state index contributed by atoms with van der Waals surface area (Å²) in [6.45, 7) is 7.55. The minimum atomic E-state index is -0.00244. The highest BCUT2D eigenvalue weighted by molar-refractivity contribution is 5.47. The van der Waals surface area contributed by atoms with Crippen molar-refractivity contribution in [1.82, 2.24) is 5.32 Å². The molecule has 19 heavy (non-hydrogen) atoms. The van der Waals surface area contributed by atoms with Crippen LogP contribution in [0.25, 0.3) is 0 Å². The van der Waals surface area contributed by atoms with Gasteiger partial charge in [-0.1, -0.05) is 12.1 Å². The van der Waals surface area contributed by atoms with Crippen LogP contribution in [0.3, 0.4) is 0 Å². The Morgan fingerprint density at radius 3 is 2.21 bits per heavy atom. The molecule has 0 saturated heterocycles. The molecular weight excluding hydrogens is 236 g/mol. The first-order valence-electron chi connectivity index (χ1n) is 7.43. The second-order valence-corrected chi connectivity index (χ2v) is 5.48. The molecule has 1 saturated carbocycles. The third-order valence-electron chi connectivity index (χ3n) is 4.35. The predicted molar refractivity (Wildman–Crippen MR) is 80.5 cm³/mol. The Labute approximate surface area is 116 Å². The molecule has 0 amide bonds. The summed E-state index contributed by atoms with van der Waals surface area (Å²) < 4.78 is 0. The molecule has 0 heterocycles. The van der Waals surface area contributed by atoms with E-state index < -0.39 is 0 Å². The number of nitrogens with zero attached hydrogens (tertiary/aromatic N) is 1. The Balaban J connectivity index is 1.91. The van der Waals surface area contributed by atoms with Crippen LogP contribution in [0.4, 0.5) is 5.69 Å². The van der Waals surface area contributed by atoms with Crippen LogP contribution < -0.4 is 10.2 Å². The summed E-state index contributed by atoms with van der Waals surface area (Å²) in [5, 5.41) is 12.9. The van der Waals surface area contributed by atoms with E-state index in [1.54, 1.807) is 0 Å². The van der Waals surface area contributed by atoms with E-state index in [1.165, 1.54) is 17.7 Å². The van der Waals surface area contributed by atoms with E-state index in [1.807, 2.05) is 0 Å². The topological polar surface area (TPSA) is 35.5 Å². The predicted octanol–water partition coefficient (Wildman–Crippen LogP) is 2.54. The van der Waals surface area contributed by atoms with Crippen molar-refractivity contribution in [1.29, 1.82) is 0 Å². The van der Waals surface area contributed by atoms with E-state index in [9.17, 15) is 5.11 Å². The standard InChI is InChI=1S/C16H26N2O/c1-3-18(4-2)15-8-6-14(7-9-15)12-17-16(13-19)10-5-11-16/h6-9,17,19H,3-5,10-13H2,1-2H3. The monoisotopic (exact) mass is 262 g/mol. The van der Waals surface area contributed by atoms with E-state index in [0.717, 1.165) is 32.5 Å². The minimum absolute atomic E-state index is 0.00244. The zero-order valence-corrected chi connectivity index (χ0v) is 12.2. The molecule has 0 aliphatic heterocycles. The van der Waals surface area contributed by atoms with Gasteiger partial charge in [0.05, 0.1) is 6.61 Å². The lowest BCUT2D eigenvalue weighted by Gasteiger charge is -2.41. The highest BCUT2D eigenvalue weighted by Crippen LogP contribution is 2.31. The third-order valence-corrected chi connectivity index (χ3v) is 4.35. The Hall–Kier alpha value is -1.06. The number of hydrogen-bond acceptors (Lipinski definition) is 3. The molecule has 1 aliphatic carbocycles. The lowest BCUT2D eigenvalue weighted by atomic mass is 9.77. The van der Waals surface area contributed by atoms with Gasteiger partial charge in [0.15, 0.2) is 0 Å². The number of hydrogen-bond donors (Lipinski definition) is 2. The lowest BCUT2D eigenvalue weighted by Crippen LogP contribution is -2.53. The summed E-state index contributed by atoms with van der Waals surface area (Å²) >= 11 is 0. The number of aliphatic hydroxyl groups excluding tert-OH is 1. The van der Waals surface area contributed by atoms with Gasteiger partial charge in [-0.2, -0.15) is 0 Å². The maximum absolute atomic E-state index is 9.43. The summed E-state index contributed by atoms with van der Waals surface area (Å²) in [6, 6.07) is 8.75. The van der Waals surface area contributed by atoms with Crippen LogP contribution in [-0.4, -0.2) is 30.3 Å². The van der Waals surface area contributed by atoms with Crippen molar-refractivity contribution in [3.63, 3.8) is 0 Å². The Morgan fingerprint density at radius 1 is 1.16 bits per heavy atom. The normalized spacial score (nSPS) is 17.0. The van der Waals surface area contributed by atoms with Crippen molar-refractivity contribution < 1.29 is 5.11 Å². The van der Waals surface area contributed by atoms with Crippen LogP contribution in [0.5, 0.6) is 0 Å². The quantitative estimate of drug-likeness (QED) is 0.792. The van der Waals surface area contributed by atoms with Gasteiger partial charge in [-0.25, -0.2) is 0 Å². The van der Waals surface area contributed by atoms with Gasteiger partial charge in [0.2, 0.25) is 0 Å². The molecule has 1 aliphatic rings. The molecule has 3 heteroatoms. The zero-order chi connectivity index (χ0) is 13.7. The fraction of sp³-hybridized carbons (Fsp3) is 0.625. The maximum atomic E-state index is 9.43. The molecule has 0 bridgehead atoms. The first-order chi connectivity index (χ1) is 9.23. The van der Waals surface area contributed by atoms with Crippen molar-refractivity contribution in [2.24, 2.45) is 0 Å². The van der Waals surface area contributed by atoms with E-state index in [2.05, 4.69) is 48.3 Å². The van der Waals surface area contributed by atoms with Crippen LogP contribution in [0.1, 0.15) is 38.7 Å². The lowest BCUT2D eigenvalue weighted by molar-refractivity contribution is 0.0872. The van der Waals surface area contributed by atoms with Gasteiger partial charge in [-0.3, -0.25) is 0 Å². The van der Waals surface area contributed by atoms with Gasteiger partial charge in [0, 0.05) is 30.9 Å². The molecular formula is C16H26N2O. The summed E-state index contributed by atoms with van der Waals surface area (Å²) in [5.74, 6) is 0.